The third kappa shape index (κ3) is 8.40. The van der Waals surface area contributed by atoms with Crippen LogP contribution in [-0.2, 0) is 29.4 Å². The number of nitrogens with zero attached hydrogens (tertiary/aromatic N) is 8. The fraction of sp³-hybridized carbons (Fsp3) is 0.111. The van der Waals surface area contributed by atoms with E-state index in [4.69, 9.17) is 9.59 Å². The Hall–Kier alpha value is -3.44. The summed E-state index contributed by atoms with van der Waals surface area (Å²) in [5.74, 6) is 2.53. The molecule has 0 atom stereocenters. The summed E-state index contributed by atoms with van der Waals surface area (Å²) in [6.07, 6.45) is 3.42. The van der Waals surface area contributed by atoms with Gasteiger partial charge in [0.25, 0.3) is 0 Å². The molecule has 0 unspecified atom stereocenters. The second kappa shape index (κ2) is 14.6. The van der Waals surface area contributed by atoms with Crippen molar-refractivity contribution in [1.29, 1.82) is 0 Å². The molecule has 0 aliphatic rings. The normalized spacial score (nSPS) is 8.62. The molecule has 0 radical (unpaired) electrons. The van der Waals surface area contributed by atoms with E-state index in [1.165, 1.54) is 0 Å². The average molecular weight is 567 g/mol. The summed E-state index contributed by atoms with van der Waals surface area (Å²) in [6, 6.07) is 11.2. The summed E-state index contributed by atoms with van der Waals surface area (Å²) < 4.78 is 0. The van der Waals surface area contributed by atoms with E-state index in [9.17, 15) is 0 Å². The molecule has 0 aliphatic heterocycles. The van der Waals surface area contributed by atoms with Gasteiger partial charge in [0.2, 0.25) is 0 Å². The molecule has 0 saturated carbocycles. The van der Waals surface area contributed by atoms with Crippen LogP contribution in [-0.4, -0.2) is 43.7 Å². The maximum Gasteiger partial charge on any atom is 2.00 e. The SMILES string of the molecule is Cc1n[n-]c(-c2ccccn2)n1.Cc1n[n-]c(-c2ccccn2)n1.[CH-]=O.[CH-]=O.[Os+2]. The fourth-order valence-corrected chi connectivity index (χ4v) is 1.84. The van der Waals surface area contributed by atoms with Crippen molar-refractivity contribution in [3.8, 4) is 23.0 Å². The van der Waals surface area contributed by atoms with Crippen LogP contribution in [0.5, 0.6) is 0 Å². The summed E-state index contributed by atoms with van der Waals surface area (Å²) in [5.41, 5.74) is 1.52. The van der Waals surface area contributed by atoms with Gasteiger partial charge in [-0.25, -0.2) is 0 Å². The largest absolute Gasteiger partial charge is 2.00 e. The molecule has 11 heteroatoms. The van der Waals surface area contributed by atoms with Gasteiger partial charge in [-0.15, -0.1) is 0 Å². The van der Waals surface area contributed by atoms with Crippen molar-refractivity contribution in [3.63, 3.8) is 0 Å². The number of rotatable bonds is 2. The Kier molecular flexibility index (Phi) is 12.9. The van der Waals surface area contributed by atoms with Gasteiger partial charge in [-0.05, 0) is 49.8 Å². The first-order valence-electron chi connectivity index (χ1n) is 7.70. The predicted molar refractivity (Wildman–Crippen MR) is 100 cm³/mol. The van der Waals surface area contributed by atoms with Gasteiger partial charge >= 0.3 is 19.8 Å². The molecule has 0 saturated heterocycles. The van der Waals surface area contributed by atoms with Gasteiger partial charge in [0, 0.05) is 24.0 Å². The number of hydrogen-bond acceptors (Lipinski definition) is 8. The van der Waals surface area contributed by atoms with Gasteiger partial charge in [0.1, 0.15) is 0 Å². The monoisotopic (exact) mass is 568 g/mol. The Bertz CT molecular complexity index is 853. The van der Waals surface area contributed by atoms with Crippen molar-refractivity contribution < 1.29 is 29.4 Å². The van der Waals surface area contributed by atoms with E-state index in [1.54, 1.807) is 26.2 Å². The number of aromatic nitrogens is 8. The molecule has 4 heterocycles. The van der Waals surface area contributed by atoms with Crippen molar-refractivity contribution >= 4 is 13.6 Å². The molecule has 0 aliphatic carbocycles. The van der Waals surface area contributed by atoms with Crippen LogP contribution in [0, 0.1) is 13.8 Å². The predicted octanol–water partition coefficient (Wildman–Crippen LogP) is 1.06. The molecular weight excluding hydrogens is 550 g/mol. The quantitative estimate of drug-likeness (QED) is 0.256. The minimum atomic E-state index is 0. The first-order chi connectivity index (χ1) is 13.7. The molecule has 10 nitrogen and oxygen atoms in total. The van der Waals surface area contributed by atoms with E-state index >= 15 is 0 Å². The molecule has 0 aromatic carbocycles. The van der Waals surface area contributed by atoms with Gasteiger partial charge < -0.3 is 29.8 Å². The van der Waals surface area contributed by atoms with Crippen LogP contribution in [0.2, 0.25) is 0 Å². The summed E-state index contributed by atoms with van der Waals surface area (Å²) in [6.45, 7) is 10.1. The Morgan fingerprint density at radius 2 is 1.07 bits per heavy atom. The van der Waals surface area contributed by atoms with Crippen molar-refractivity contribution in [2.75, 3.05) is 0 Å². The maximum atomic E-state index is 7.75. The van der Waals surface area contributed by atoms with Gasteiger partial charge in [-0.1, -0.05) is 12.1 Å². The van der Waals surface area contributed by atoms with Crippen LogP contribution >= 0.6 is 0 Å². The maximum absolute atomic E-state index is 7.75. The van der Waals surface area contributed by atoms with Crippen molar-refractivity contribution in [2.45, 2.75) is 13.8 Å². The third-order valence-electron chi connectivity index (χ3n) is 2.90. The Balaban J connectivity index is 0.000000449. The van der Waals surface area contributed by atoms with E-state index in [-0.39, 0.29) is 19.8 Å². The van der Waals surface area contributed by atoms with E-state index in [0.717, 1.165) is 11.4 Å². The van der Waals surface area contributed by atoms with E-state index in [0.29, 0.717) is 23.3 Å². The summed E-state index contributed by atoms with van der Waals surface area (Å²) in [4.78, 5) is 31.9. The van der Waals surface area contributed by atoms with Crippen molar-refractivity contribution in [1.82, 2.24) is 40.3 Å². The van der Waals surface area contributed by atoms with Gasteiger partial charge in [-0.3, -0.25) is 33.7 Å². The second-order valence-electron chi connectivity index (χ2n) is 4.80. The number of carbonyl (C=O) groups excluding carboxylic acids is 2. The van der Waals surface area contributed by atoms with Gasteiger partial charge in [-0.2, -0.15) is 0 Å². The number of hydrogen-bond donors (Lipinski definition) is 0. The van der Waals surface area contributed by atoms with Gasteiger partial charge in [0.15, 0.2) is 0 Å². The molecule has 0 N–H and O–H groups in total. The summed E-state index contributed by atoms with van der Waals surface area (Å²) >= 11 is 0. The molecule has 4 aromatic rings. The minimum Gasteiger partial charge on any atom is -0.545 e. The molecule has 4 aromatic heterocycles. The number of aryl methyl sites for hydroxylation is 2. The third-order valence-corrected chi connectivity index (χ3v) is 2.90. The van der Waals surface area contributed by atoms with Crippen LogP contribution in [0.15, 0.2) is 48.8 Å². The Morgan fingerprint density at radius 1 is 0.690 bits per heavy atom. The van der Waals surface area contributed by atoms with Crippen LogP contribution in [0.1, 0.15) is 11.6 Å². The Morgan fingerprint density at radius 3 is 1.31 bits per heavy atom. The minimum absolute atomic E-state index is 0. The molecule has 150 valence electrons. The standard InChI is InChI=1S/2C8H7N4.2CHO.Os/c2*1-6-10-8(12-11-6)7-4-2-3-5-9-7;2*1-2;/h2*2-5H,1H3;2*1H;/q4*-1;+2. The summed E-state index contributed by atoms with van der Waals surface area (Å²) in [5, 5.41) is 15.3. The zero-order valence-electron chi connectivity index (χ0n) is 15.5. The van der Waals surface area contributed by atoms with Crippen molar-refractivity contribution in [3.05, 3.63) is 60.4 Å². The molecule has 0 bridgehead atoms. The van der Waals surface area contributed by atoms with Crippen LogP contribution in [0.4, 0.5) is 0 Å². The van der Waals surface area contributed by atoms with E-state index < -0.39 is 0 Å². The van der Waals surface area contributed by atoms with Crippen LogP contribution in [0.25, 0.3) is 23.0 Å². The van der Waals surface area contributed by atoms with E-state index in [2.05, 4.69) is 53.9 Å². The topological polar surface area (TPSA) is 140 Å². The molecule has 0 amide bonds. The molecule has 0 fully saturated rings. The zero-order valence-corrected chi connectivity index (χ0v) is 18.1. The van der Waals surface area contributed by atoms with E-state index in [1.807, 2.05) is 36.4 Å². The molecule has 29 heavy (non-hydrogen) atoms. The van der Waals surface area contributed by atoms with Crippen LogP contribution < -0.4 is 10.2 Å². The molecular formula is C18H16N8O2Os-2. The molecule has 0 spiro atoms. The molecule has 4 rings (SSSR count). The zero-order chi connectivity index (χ0) is 20.8. The first kappa shape index (κ1) is 25.6. The second-order valence-corrected chi connectivity index (χ2v) is 4.80. The first-order valence-corrected chi connectivity index (χ1v) is 7.70. The fourth-order valence-electron chi connectivity index (χ4n) is 1.84. The smallest absolute Gasteiger partial charge is 0.545 e. The van der Waals surface area contributed by atoms with Gasteiger partial charge in [0.05, 0.1) is 11.4 Å². The summed E-state index contributed by atoms with van der Waals surface area (Å²) in [7, 11) is 0. The van der Waals surface area contributed by atoms with Crippen LogP contribution in [0.3, 0.4) is 0 Å². The Labute approximate surface area is 180 Å². The number of pyridine rings is 2. The average Bonchev–Trinajstić information content (AvgIpc) is 3.41. The van der Waals surface area contributed by atoms with Crippen molar-refractivity contribution in [2.24, 2.45) is 0 Å².